The molecule has 1 aromatic rings. The highest BCUT2D eigenvalue weighted by Gasteiger charge is 2.17. The zero-order valence-electron chi connectivity index (χ0n) is 10.9. The number of aryl methyl sites for hydroxylation is 2. The molecule has 5 nitrogen and oxygen atoms in total. The van der Waals surface area contributed by atoms with Crippen molar-refractivity contribution >= 4 is 10.0 Å². The molecule has 0 spiro atoms. The molecule has 0 aromatic heterocycles. The lowest BCUT2D eigenvalue weighted by Crippen LogP contribution is -2.28. The first kappa shape index (κ1) is 14.5. The summed E-state index contributed by atoms with van der Waals surface area (Å²) in [5.74, 6) is 0. The third-order valence-electron chi connectivity index (χ3n) is 3.18. The average molecular weight is 284 g/mol. The fourth-order valence-electron chi connectivity index (χ4n) is 2.23. The van der Waals surface area contributed by atoms with Crippen LogP contribution >= 0.6 is 0 Å². The number of nitrogens with one attached hydrogen (secondary N) is 1. The number of benzene rings is 1. The van der Waals surface area contributed by atoms with E-state index >= 15 is 0 Å². The van der Waals surface area contributed by atoms with Gasteiger partial charge >= 0.3 is 0 Å². The number of sulfonamides is 1. The second-order valence-electron chi connectivity index (χ2n) is 4.58. The van der Waals surface area contributed by atoms with E-state index in [4.69, 9.17) is 10.5 Å². The van der Waals surface area contributed by atoms with E-state index in [0.717, 1.165) is 24.8 Å². The Kier molecular flexibility index (Phi) is 4.93. The molecule has 0 saturated heterocycles. The Morgan fingerprint density at radius 1 is 1.21 bits per heavy atom. The van der Waals surface area contributed by atoms with Gasteiger partial charge in [-0.05, 0) is 42.5 Å². The molecular formula is C13H20N2O3S. The molecule has 19 heavy (non-hydrogen) atoms. The molecule has 2 rings (SSSR count). The van der Waals surface area contributed by atoms with Crippen LogP contribution in [-0.4, -0.2) is 34.7 Å². The van der Waals surface area contributed by atoms with Crippen LogP contribution in [0.15, 0.2) is 23.1 Å². The molecule has 0 amide bonds. The van der Waals surface area contributed by atoms with Crippen LogP contribution in [0.4, 0.5) is 0 Å². The molecule has 3 N–H and O–H groups in total. The Morgan fingerprint density at radius 2 is 2.00 bits per heavy atom. The quantitative estimate of drug-likeness (QED) is 0.711. The molecule has 0 atom stereocenters. The van der Waals surface area contributed by atoms with E-state index in [1.165, 1.54) is 5.56 Å². The smallest absolute Gasteiger partial charge is 0.240 e. The van der Waals surface area contributed by atoms with Gasteiger partial charge in [-0.15, -0.1) is 0 Å². The number of rotatable bonds is 7. The summed E-state index contributed by atoms with van der Waals surface area (Å²) in [6, 6.07) is 5.38. The van der Waals surface area contributed by atoms with Crippen LogP contribution in [0, 0.1) is 0 Å². The predicted molar refractivity (Wildman–Crippen MR) is 73.5 cm³/mol. The molecular weight excluding hydrogens is 264 g/mol. The van der Waals surface area contributed by atoms with Gasteiger partial charge in [0.15, 0.2) is 0 Å². The minimum absolute atomic E-state index is 0.263. The van der Waals surface area contributed by atoms with Crippen molar-refractivity contribution < 1.29 is 13.2 Å². The standard InChI is InChI=1S/C13H20N2O3S/c14-6-8-18-9-7-15-19(16,17)13-5-4-11-2-1-3-12(11)10-13/h4-5,10,15H,1-3,6-9,14H2. The van der Waals surface area contributed by atoms with Crippen molar-refractivity contribution in [1.29, 1.82) is 0 Å². The maximum Gasteiger partial charge on any atom is 0.240 e. The van der Waals surface area contributed by atoms with Crippen molar-refractivity contribution in [2.75, 3.05) is 26.3 Å². The molecule has 0 radical (unpaired) electrons. The van der Waals surface area contributed by atoms with Gasteiger partial charge in [0.25, 0.3) is 0 Å². The van der Waals surface area contributed by atoms with E-state index in [2.05, 4.69) is 4.72 Å². The first-order valence-corrected chi connectivity index (χ1v) is 8.01. The van der Waals surface area contributed by atoms with E-state index < -0.39 is 10.0 Å². The molecule has 0 fully saturated rings. The lowest BCUT2D eigenvalue weighted by molar-refractivity contribution is 0.147. The van der Waals surface area contributed by atoms with Gasteiger partial charge in [0.05, 0.1) is 18.1 Å². The molecule has 0 saturated carbocycles. The lowest BCUT2D eigenvalue weighted by Gasteiger charge is -2.08. The van der Waals surface area contributed by atoms with Crippen LogP contribution in [-0.2, 0) is 27.6 Å². The second-order valence-corrected chi connectivity index (χ2v) is 6.35. The van der Waals surface area contributed by atoms with Gasteiger partial charge in [-0.25, -0.2) is 13.1 Å². The van der Waals surface area contributed by atoms with Gasteiger partial charge < -0.3 is 10.5 Å². The second kappa shape index (κ2) is 6.47. The zero-order valence-corrected chi connectivity index (χ0v) is 11.7. The van der Waals surface area contributed by atoms with Crippen molar-refractivity contribution in [2.24, 2.45) is 5.73 Å². The summed E-state index contributed by atoms with van der Waals surface area (Å²) in [6.07, 6.45) is 3.13. The molecule has 0 bridgehead atoms. The largest absolute Gasteiger partial charge is 0.379 e. The maximum atomic E-state index is 12.1. The third-order valence-corrected chi connectivity index (χ3v) is 4.64. The summed E-state index contributed by atoms with van der Waals surface area (Å²) in [5.41, 5.74) is 7.70. The topological polar surface area (TPSA) is 81.4 Å². The Morgan fingerprint density at radius 3 is 2.79 bits per heavy atom. The minimum Gasteiger partial charge on any atom is -0.379 e. The van der Waals surface area contributed by atoms with E-state index in [1.807, 2.05) is 6.07 Å². The Balaban J connectivity index is 1.95. The maximum absolute atomic E-state index is 12.1. The van der Waals surface area contributed by atoms with Crippen LogP contribution in [0.2, 0.25) is 0 Å². The number of nitrogens with two attached hydrogens (primary N) is 1. The van der Waals surface area contributed by atoms with Crippen LogP contribution < -0.4 is 10.5 Å². The summed E-state index contributed by atoms with van der Waals surface area (Å²) in [5, 5.41) is 0. The fourth-order valence-corrected chi connectivity index (χ4v) is 3.30. The van der Waals surface area contributed by atoms with Crippen LogP contribution in [0.3, 0.4) is 0 Å². The van der Waals surface area contributed by atoms with Crippen LogP contribution in [0.5, 0.6) is 0 Å². The number of hydrogen-bond donors (Lipinski definition) is 2. The molecule has 0 unspecified atom stereocenters. The van der Waals surface area contributed by atoms with Gasteiger partial charge in [0.2, 0.25) is 10.0 Å². The minimum atomic E-state index is -3.43. The SMILES string of the molecule is NCCOCCNS(=O)(=O)c1ccc2c(c1)CCC2. The average Bonchev–Trinajstić information content (AvgIpc) is 2.85. The van der Waals surface area contributed by atoms with E-state index in [0.29, 0.717) is 24.7 Å². The van der Waals surface area contributed by atoms with Crippen molar-refractivity contribution in [1.82, 2.24) is 4.72 Å². The molecule has 106 valence electrons. The van der Waals surface area contributed by atoms with E-state index in [-0.39, 0.29) is 6.54 Å². The summed E-state index contributed by atoms with van der Waals surface area (Å²) < 4.78 is 31.8. The highest BCUT2D eigenvalue weighted by molar-refractivity contribution is 7.89. The molecule has 1 aliphatic carbocycles. The molecule has 0 heterocycles. The molecule has 6 heteroatoms. The van der Waals surface area contributed by atoms with Crippen molar-refractivity contribution in [2.45, 2.75) is 24.2 Å². The summed E-state index contributed by atoms with van der Waals surface area (Å²) in [6.45, 7) is 1.49. The van der Waals surface area contributed by atoms with Gasteiger partial charge in [-0.3, -0.25) is 0 Å². The molecule has 1 aliphatic rings. The van der Waals surface area contributed by atoms with Gasteiger partial charge in [0, 0.05) is 13.1 Å². The van der Waals surface area contributed by atoms with Crippen molar-refractivity contribution in [3.8, 4) is 0 Å². The fraction of sp³-hybridized carbons (Fsp3) is 0.538. The first-order chi connectivity index (χ1) is 9.13. The Labute approximate surface area is 114 Å². The number of hydrogen-bond acceptors (Lipinski definition) is 4. The highest BCUT2D eigenvalue weighted by Crippen LogP contribution is 2.24. The molecule has 1 aromatic carbocycles. The third kappa shape index (κ3) is 3.76. The zero-order chi connectivity index (χ0) is 13.7. The van der Waals surface area contributed by atoms with Crippen LogP contribution in [0.1, 0.15) is 17.5 Å². The van der Waals surface area contributed by atoms with Gasteiger partial charge in [-0.2, -0.15) is 0 Å². The van der Waals surface area contributed by atoms with Crippen molar-refractivity contribution in [3.05, 3.63) is 29.3 Å². The Bertz CT molecular complexity index is 529. The highest BCUT2D eigenvalue weighted by atomic mass is 32.2. The summed E-state index contributed by atoms with van der Waals surface area (Å²) in [4.78, 5) is 0.340. The van der Waals surface area contributed by atoms with E-state index in [1.54, 1.807) is 12.1 Å². The summed E-state index contributed by atoms with van der Waals surface area (Å²) >= 11 is 0. The van der Waals surface area contributed by atoms with E-state index in [9.17, 15) is 8.42 Å². The monoisotopic (exact) mass is 284 g/mol. The predicted octanol–water partition coefficient (Wildman–Crippen LogP) is 0.429. The Hall–Kier alpha value is -0.950. The number of fused-ring (bicyclic) bond motifs is 1. The van der Waals surface area contributed by atoms with Crippen molar-refractivity contribution in [3.63, 3.8) is 0 Å². The van der Waals surface area contributed by atoms with Crippen LogP contribution in [0.25, 0.3) is 0 Å². The normalized spacial score (nSPS) is 14.6. The first-order valence-electron chi connectivity index (χ1n) is 6.53. The van der Waals surface area contributed by atoms with Gasteiger partial charge in [0.1, 0.15) is 0 Å². The van der Waals surface area contributed by atoms with Gasteiger partial charge in [-0.1, -0.05) is 6.07 Å². The molecule has 0 aliphatic heterocycles. The lowest BCUT2D eigenvalue weighted by atomic mass is 10.1. The number of ether oxygens (including phenoxy) is 1. The summed E-state index contributed by atoms with van der Waals surface area (Å²) in [7, 11) is -3.43.